The van der Waals surface area contributed by atoms with Gasteiger partial charge < -0.3 is 16.0 Å². The van der Waals surface area contributed by atoms with Gasteiger partial charge in [0, 0.05) is 11.9 Å². The van der Waals surface area contributed by atoms with Crippen molar-refractivity contribution in [3.05, 3.63) is 47.8 Å². The highest BCUT2D eigenvalue weighted by Crippen LogP contribution is 2.34. The molecular formula is C21H24N6O2. The second kappa shape index (κ2) is 7.54. The maximum Gasteiger partial charge on any atom is 0.313 e. The third kappa shape index (κ3) is 3.78. The molecule has 1 aliphatic heterocycles. The van der Waals surface area contributed by atoms with Crippen LogP contribution in [0, 0.1) is 12.8 Å². The largest absolute Gasteiger partial charge is 0.383 e. The number of nitrogen functional groups attached to an aromatic ring is 1. The lowest BCUT2D eigenvalue weighted by Gasteiger charge is -2.38. The monoisotopic (exact) mass is 392 g/mol. The van der Waals surface area contributed by atoms with Crippen LogP contribution in [0.3, 0.4) is 0 Å². The summed E-state index contributed by atoms with van der Waals surface area (Å²) < 4.78 is 0. The van der Waals surface area contributed by atoms with Gasteiger partial charge in [0.15, 0.2) is 0 Å². The van der Waals surface area contributed by atoms with E-state index in [0.717, 1.165) is 34.9 Å². The fourth-order valence-corrected chi connectivity index (χ4v) is 3.86. The Balaban J connectivity index is 1.57. The molecule has 1 fully saturated rings. The molecule has 0 radical (unpaired) electrons. The highest BCUT2D eigenvalue weighted by Gasteiger charge is 2.34. The minimum Gasteiger partial charge on any atom is -0.383 e. The minimum atomic E-state index is -0.667. The zero-order valence-corrected chi connectivity index (χ0v) is 16.5. The Kier molecular flexibility index (Phi) is 4.92. The summed E-state index contributed by atoms with van der Waals surface area (Å²) in [7, 11) is 0. The van der Waals surface area contributed by atoms with E-state index < -0.39 is 11.8 Å². The van der Waals surface area contributed by atoms with Gasteiger partial charge in [-0.2, -0.15) is 5.10 Å². The number of fused-ring (bicyclic) bond motifs is 1. The first kappa shape index (κ1) is 18.9. The molecule has 29 heavy (non-hydrogen) atoms. The average molecular weight is 392 g/mol. The van der Waals surface area contributed by atoms with Crippen LogP contribution in [0.1, 0.15) is 36.9 Å². The summed E-state index contributed by atoms with van der Waals surface area (Å²) in [5, 5.41) is 10.6. The molecule has 0 bridgehead atoms. The number of benzene rings is 1. The van der Waals surface area contributed by atoms with E-state index in [1.165, 1.54) is 6.20 Å². The molecule has 0 unspecified atom stereocenters. The van der Waals surface area contributed by atoms with Crippen molar-refractivity contribution in [3.63, 3.8) is 0 Å². The van der Waals surface area contributed by atoms with Crippen LogP contribution in [0.15, 0.2) is 36.7 Å². The minimum absolute atomic E-state index is 0.143. The number of aryl methyl sites for hydroxylation is 1. The van der Waals surface area contributed by atoms with E-state index in [2.05, 4.69) is 27.4 Å². The number of pyridine rings is 1. The van der Waals surface area contributed by atoms with Gasteiger partial charge in [-0.1, -0.05) is 13.0 Å². The van der Waals surface area contributed by atoms with Crippen molar-refractivity contribution in [2.24, 2.45) is 5.92 Å². The van der Waals surface area contributed by atoms with Gasteiger partial charge in [-0.3, -0.25) is 14.7 Å². The van der Waals surface area contributed by atoms with E-state index in [4.69, 9.17) is 5.73 Å². The smallest absolute Gasteiger partial charge is 0.313 e. The molecule has 4 rings (SSSR count). The van der Waals surface area contributed by atoms with Crippen molar-refractivity contribution in [1.82, 2.24) is 20.1 Å². The van der Waals surface area contributed by atoms with Crippen LogP contribution < -0.4 is 11.1 Å². The molecule has 150 valence electrons. The molecule has 2 amide bonds. The fourth-order valence-electron chi connectivity index (χ4n) is 3.86. The number of nitrogens with two attached hydrogens (primary N) is 1. The number of aromatic amines is 1. The number of carbonyl (C=O) groups is 2. The lowest BCUT2D eigenvalue weighted by molar-refractivity contribution is -0.146. The number of nitrogens with one attached hydrogen (secondary N) is 2. The molecule has 0 saturated carbocycles. The van der Waals surface area contributed by atoms with E-state index in [9.17, 15) is 9.59 Å². The van der Waals surface area contributed by atoms with Crippen LogP contribution in [0.2, 0.25) is 0 Å². The van der Waals surface area contributed by atoms with Gasteiger partial charge in [-0.05, 0) is 55.0 Å². The predicted molar refractivity (Wildman–Crippen MR) is 111 cm³/mol. The number of hydrogen-bond acceptors (Lipinski definition) is 5. The Bertz CT molecular complexity index is 1080. The number of hydrogen-bond donors (Lipinski definition) is 3. The highest BCUT2D eigenvalue weighted by atomic mass is 16.2. The van der Waals surface area contributed by atoms with E-state index >= 15 is 0 Å². The first-order valence-electron chi connectivity index (χ1n) is 9.69. The van der Waals surface area contributed by atoms with E-state index in [-0.39, 0.29) is 6.04 Å². The molecule has 0 spiro atoms. The molecular weight excluding hydrogens is 368 g/mol. The molecule has 1 aliphatic rings. The van der Waals surface area contributed by atoms with Gasteiger partial charge >= 0.3 is 11.8 Å². The second-order valence-corrected chi connectivity index (χ2v) is 7.75. The zero-order valence-electron chi connectivity index (χ0n) is 16.5. The number of rotatable bonds is 2. The summed E-state index contributed by atoms with van der Waals surface area (Å²) in [6, 6.07) is 7.55. The Hall–Kier alpha value is -3.42. The van der Waals surface area contributed by atoms with Crippen LogP contribution in [0.5, 0.6) is 0 Å². The SMILES string of the molecule is Cc1cc(NC(=O)C(=O)N2C[C@H](C)CC[C@H]2c2ccc3[nH]ncc3c2)cnc1N. The van der Waals surface area contributed by atoms with Crippen molar-refractivity contribution in [3.8, 4) is 0 Å². The van der Waals surface area contributed by atoms with Crippen LogP contribution in [-0.2, 0) is 9.59 Å². The maximum absolute atomic E-state index is 13.0. The number of H-pyrrole nitrogens is 1. The van der Waals surface area contributed by atoms with Crippen LogP contribution >= 0.6 is 0 Å². The topological polar surface area (TPSA) is 117 Å². The van der Waals surface area contributed by atoms with E-state index in [0.29, 0.717) is 24.0 Å². The van der Waals surface area contributed by atoms with Crippen molar-refractivity contribution in [2.45, 2.75) is 32.7 Å². The van der Waals surface area contributed by atoms with Crippen molar-refractivity contribution in [1.29, 1.82) is 0 Å². The first-order valence-corrected chi connectivity index (χ1v) is 9.69. The van der Waals surface area contributed by atoms with Crippen molar-refractivity contribution < 1.29 is 9.59 Å². The number of amides is 2. The Labute approximate surface area is 168 Å². The standard InChI is InChI=1S/C21H24N6O2/c1-12-3-6-18(14-4-5-17-15(8-14)9-24-26-17)27(11-12)21(29)20(28)25-16-7-13(2)19(22)23-10-16/h4-5,7-10,12,18H,3,6,11H2,1-2H3,(H2,22,23)(H,24,26)(H,25,28)/t12-,18+/m1/s1. The molecule has 3 aromatic rings. The molecule has 2 aromatic heterocycles. The fraction of sp³-hybridized carbons (Fsp3) is 0.333. The second-order valence-electron chi connectivity index (χ2n) is 7.75. The molecule has 3 heterocycles. The molecule has 4 N–H and O–H groups in total. The number of piperidine rings is 1. The first-order chi connectivity index (χ1) is 13.9. The molecule has 1 saturated heterocycles. The van der Waals surface area contributed by atoms with Gasteiger partial charge in [-0.25, -0.2) is 4.98 Å². The summed E-state index contributed by atoms with van der Waals surface area (Å²) in [6.07, 6.45) is 5.03. The summed E-state index contributed by atoms with van der Waals surface area (Å²) in [5.41, 5.74) is 8.87. The Morgan fingerprint density at radius 3 is 2.86 bits per heavy atom. The van der Waals surface area contributed by atoms with Gasteiger partial charge in [0.05, 0.1) is 29.6 Å². The third-order valence-electron chi connectivity index (χ3n) is 5.50. The Morgan fingerprint density at radius 1 is 1.24 bits per heavy atom. The van der Waals surface area contributed by atoms with Crippen molar-refractivity contribution >= 4 is 34.2 Å². The van der Waals surface area contributed by atoms with Crippen LogP contribution in [-0.4, -0.2) is 38.4 Å². The van der Waals surface area contributed by atoms with Gasteiger partial charge in [0.1, 0.15) is 5.82 Å². The van der Waals surface area contributed by atoms with Gasteiger partial charge in [-0.15, -0.1) is 0 Å². The van der Waals surface area contributed by atoms with E-state index in [1.807, 2.05) is 18.2 Å². The third-order valence-corrected chi connectivity index (χ3v) is 5.50. The van der Waals surface area contributed by atoms with Crippen molar-refractivity contribution in [2.75, 3.05) is 17.6 Å². The summed E-state index contributed by atoms with van der Waals surface area (Å²) in [6.45, 7) is 4.44. The summed E-state index contributed by atoms with van der Waals surface area (Å²) in [4.78, 5) is 31.4. The highest BCUT2D eigenvalue weighted by molar-refractivity contribution is 6.39. The molecule has 1 aromatic carbocycles. The number of carbonyl (C=O) groups excluding carboxylic acids is 2. The lowest BCUT2D eigenvalue weighted by Crippen LogP contribution is -2.46. The lowest BCUT2D eigenvalue weighted by atomic mass is 9.89. The van der Waals surface area contributed by atoms with Crippen LogP contribution in [0.4, 0.5) is 11.5 Å². The molecule has 0 aliphatic carbocycles. The number of nitrogens with zero attached hydrogens (tertiary/aromatic N) is 3. The number of likely N-dealkylation sites (tertiary alicyclic amines) is 1. The molecule has 2 atom stereocenters. The normalized spacial score (nSPS) is 19.3. The predicted octanol–water partition coefficient (Wildman–Crippen LogP) is 2.79. The van der Waals surface area contributed by atoms with Gasteiger partial charge in [0.25, 0.3) is 0 Å². The summed E-state index contributed by atoms with van der Waals surface area (Å²) >= 11 is 0. The Morgan fingerprint density at radius 2 is 2.07 bits per heavy atom. The maximum atomic E-state index is 13.0. The quantitative estimate of drug-likeness (QED) is 0.580. The van der Waals surface area contributed by atoms with Gasteiger partial charge in [0.2, 0.25) is 0 Å². The molecule has 8 nitrogen and oxygen atoms in total. The molecule has 8 heteroatoms. The number of aromatic nitrogens is 3. The average Bonchev–Trinajstić information content (AvgIpc) is 3.18. The van der Waals surface area contributed by atoms with Crippen LogP contribution in [0.25, 0.3) is 10.9 Å². The van der Waals surface area contributed by atoms with E-state index in [1.54, 1.807) is 24.1 Å². The zero-order chi connectivity index (χ0) is 20.5. The summed E-state index contributed by atoms with van der Waals surface area (Å²) in [5.74, 6) is -0.474. The number of anilines is 2.